The highest BCUT2D eigenvalue weighted by atomic mass is 35.5. The molecule has 0 radical (unpaired) electrons. The Morgan fingerprint density at radius 3 is 2.68 bits per heavy atom. The number of alkyl carbamates (subject to hydrolysis) is 1. The molecule has 0 atom stereocenters. The van der Waals surface area contributed by atoms with Gasteiger partial charge in [0.05, 0.1) is 12.7 Å². The molecule has 22 heavy (non-hydrogen) atoms. The van der Waals surface area contributed by atoms with Crippen molar-refractivity contribution in [3.05, 3.63) is 34.6 Å². The molecule has 1 aromatic rings. The number of hydrogen-bond donors (Lipinski definition) is 1. The number of nitrogens with zero attached hydrogens (tertiary/aromatic N) is 1. The van der Waals surface area contributed by atoms with Crippen LogP contribution >= 0.6 is 11.6 Å². The van der Waals surface area contributed by atoms with Crippen LogP contribution in [0, 0.1) is 0 Å². The highest BCUT2D eigenvalue weighted by molar-refractivity contribution is 6.32. The lowest BCUT2D eigenvalue weighted by molar-refractivity contribution is 0.0532. The lowest BCUT2D eigenvalue weighted by atomic mass is 10.2. The van der Waals surface area contributed by atoms with Crippen molar-refractivity contribution in [1.29, 1.82) is 0 Å². The van der Waals surface area contributed by atoms with Crippen LogP contribution < -0.4 is 5.32 Å². The van der Waals surface area contributed by atoms with Crippen LogP contribution in [0.1, 0.15) is 36.7 Å². The largest absolute Gasteiger partial charge is 0.465 e. The van der Waals surface area contributed by atoms with Crippen LogP contribution in [0.25, 0.3) is 6.08 Å². The third-order valence-electron chi connectivity index (χ3n) is 2.34. The number of halogens is 1. The Bertz CT molecular complexity index is 579. The summed E-state index contributed by atoms with van der Waals surface area (Å²) in [6, 6.07) is 1.56. The monoisotopic (exact) mass is 326 g/mol. The molecule has 0 saturated carbocycles. The van der Waals surface area contributed by atoms with Gasteiger partial charge in [0.2, 0.25) is 0 Å². The molecule has 0 unspecified atom stereocenters. The molecular formula is C15H19ClN2O4. The first-order valence-corrected chi connectivity index (χ1v) is 6.98. The van der Waals surface area contributed by atoms with Crippen LogP contribution in [0.5, 0.6) is 0 Å². The van der Waals surface area contributed by atoms with E-state index in [0.29, 0.717) is 5.56 Å². The number of methoxy groups -OCH3 is 1. The van der Waals surface area contributed by atoms with Gasteiger partial charge in [-0.2, -0.15) is 0 Å². The third kappa shape index (κ3) is 6.13. The Morgan fingerprint density at radius 2 is 2.09 bits per heavy atom. The van der Waals surface area contributed by atoms with Gasteiger partial charge >= 0.3 is 12.1 Å². The van der Waals surface area contributed by atoms with Crippen molar-refractivity contribution in [2.75, 3.05) is 13.7 Å². The molecule has 0 aromatic carbocycles. The molecule has 0 saturated heterocycles. The average molecular weight is 327 g/mol. The highest BCUT2D eigenvalue weighted by Gasteiger charge is 2.15. The van der Waals surface area contributed by atoms with Crippen LogP contribution in [-0.4, -0.2) is 36.3 Å². The molecule has 1 rings (SSSR count). The second-order valence-corrected chi connectivity index (χ2v) is 5.74. The number of nitrogens with one attached hydrogen (secondary N) is 1. The number of carbonyl (C=O) groups excluding carboxylic acids is 2. The van der Waals surface area contributed by atoms with E-state index in [9.17, 15) is 9.59 Å². The summed E-state index contributed by atoms with van der Waals surface area (Å²) in [5.41, 5.74) is 0.311. The first-order valence-electron chi connectivity index (χ1n) is 6.60. The van der Waals surface area contributed by atoms with Crippen molar-refractivity contribution in [2.24, 2.45) is 0 Å². The van der Waals surface area contributed by atoms with E-state index in [0.717, 1.165) is 0 Å². The quantitative estimate of drug-likeness (QED) is 0.679. The van der Waals surface area contributed by atoms with Crippen LogP contribution in [-0.2, 0) is 9.47 Å². The van der Waals surface area contributed by atoms with Crippen molar-refractivity contribution in [2.45, 2.75) is 26.4 Å². The van der Waals surface area contributed by atoms with Gasteiger partial charge in [-0.1, -0.05) is 23.8 Å². The molecular weight excluding hydrogens is 308 g/mol. The van der Waals surface area contributed by atoms with Crippen LogP contribution in [0.3, 0.4) is 0 Å². The van der Waals surface area contributed by atoms with Gasteiger partial charge in [-0.05, 0) is 32.4 Å². The van der Waals surface area contributed by atoms with Gasteiger partial charge in [0.15, 0.2) is 0 Å². The van der Waals surface area contributed by atoms with E-state index in [-0.39, 0.29) is 17.3 Å². The van der Waals surface area contributed by atoms with Gasteiger partial charge in [-0.3, -0.25) is 0 Å². The predicted molar refractivity (Wildman–Crippen MR) is 83.9 cm³/mol. The van der Waals surface area contributed by atoms with Gasteiger partial charge < -0.3 is 14.8 Å². The van der Waals surface area contributed by atoms with Gasteiger partial charge in [-0.25, -0.2) is 14.6 Å². The van der Waals surface area contributed by atoms with E-state index in [1.165, 1.54) is 13.3 Å². The van der Waals surface area contributed by atoms with Crippen molar-refractivity contribution < 1.29 is 19.1 Å². The Morgan fingerprint density at radius 1 is 1.41 bits per heavy atom. The van der Waals surface area contributed by atoms with Crippen molar-refractivity contribution >= 4 is 29.7 Å². The number of ether oxygens (including phenoxy) is 2. The lowest BCUT2D eigenvalue weighted by Crippen LogP contribution is -2.32. The minimum Gasteiger partial charge on any atom is -0.465 e. The van der Waals surface area contributed by atoms with E-state index in [4.69, 9.17) is 16.3 Å². The average Bonchev–Trinajstić information content (AvgIpc) is 2.42. The lowest BCUT2D eigenvalue weighted by Gasteiger charge is -2.19. The zero-order valence-electron chi connectivity index (χ0n) is 13.0. The SMILES string of the molecule is COC(=O)c1cc(C=CCNC(=O)OC(C)(C)C)cnc1Cl. The summed E-state index contributed by atoms with van der Waals surface area (Å²) in [5, 5.41) is 2.66. The first-order chi connectivity index (χ1) is 10.2. The van der Waals surface area contributed by atoms with Gasteiger partial charge in [0, 0.05) is 12.7 Å². The molecule has 7 heteroatoms. The molecule has 0 spiro atoms. The molecule has 120 valence electrons. The van der Waals surface area contributed by atoms with Crippen LogP contribution in [0.15, 0.2) is 18.3 Å². The molecule has 0 bridgehead atoms. The Hall–Kier alpha value is -2.08. The van der Waals surface area contributed by atoms with E-state index in [1.54, 1.807) is 39.0 Å². The van der Waals surface area contributed by atoms with Crippen molar-refractivity contribution in [3.63, 3.8) is 0 Å². The Balaban J connectivity index is 2.60. The fourth-order valence-corrected chi connectivity index (χ4v) is 1.64. The van der Waals surface area contributed by atoms with Crippen molar-refractivity contribution in [3.8, 4) is 0 Å². The summed E-state index contributed by atoms with van der Waals surface area (Å²) < 4.78 is 9.71. The molecule has 1 N–H and O–H groups in total. The number of aromatic nitrogens is 1. The molecule has 1 amide bonds. The summed E-state index contributed by atoms with van der Waals surface area (Å²) in [5.74, 6) is -0.556. The summed E-state index contributed by atoms with van der Waals surface area (Å²) in [4.78, 5) is 26.8. The zero-order valence-corrected chi connectivity index (χ0v) is 13.7. The second-order valence-electron chi connectivity index (χ2n) is 5.38. The molecule has 0 aliphatic carbocycles. The fraction of sp³-hybridized carbons (Fsp3) is 0.400. The molecule has 0 aliphatic rings. The van der Waals surface area contributed by atoms with E-state index in [2.05, 4.69) is 15.0 Å². The number of esters is 1. The molecule has 6 nitrogen and oxygen atoms in total. The highest BCUT2D eigenvalue weighted by Crippen LogP contribution is 2.16. The topological polar surface area (TPSA) is 77.5 Å². The van der Waals surface area contributed by atoms with E-state index >= 15 is 0 Å². The third-order valence-corrected chi connectivity index (χ3v) is 2.64. The maximum absolute atomic E-state index is 11.5. The smallest absolute Gasteiger partial charge is 0.407 e. The van der Waals surface area contributed by atoms with Gasteiger partial charge in [0.25, 0.3) is 0 Å². The maximum atomic E-state index is 11.5. The zero-order chi connectivity index (χ0) is 16.8. The number of amides is 1. The van der Waals surface area contributed by atoms with Crippen LogP contribution in [0.2, 0.25) is 5.15 Å². The number of pyridine rings is 1. The number of carbonyl (C=O) groups is 2. The number of hydrogen-bond acceptors (Lipinski definition) is 5. The first kappa shape index (κ1) is 18.0. The molecule has 0 fully saturated rings. The standard InChI is InChI=1S/C15H19ClN2O4/c1-15(2,3)22-14(20)17-7-5-6-10-8-11(13(19)21-4)12(16)18-9-10/h5-6,8-9H,7H2,1-4H3,(H,17,20). The Labute approximate surface area is 134 Å². The van der Waals surface area contributed by atoms with Crippen LogP contribution in [0.4, 0.5) is 4.79 Å². The summed E-state index contributed by atoms with van der Waals surface area (Å²) in [7, 11) is 1.27. The fourth-order valence-electron chi connectivity index (χ4n) is 1.46. The van der Waals surface area contributed by atoms with Crippen molar-refractivity contribution in [1.82, 2.24) is 10.3 Å². The molecule has 0 aliphatic heterocycles. The summed E-state index contributed by atoms with van der Waals surface area (Å²) >= 11 is 5.82. The van der Waals surface area contributed by atoms with E-state index in [1.807, 2.05) is 0 Å². The summed E-state index contributed by atoms with van der Waals surface area (Å²) in [6.07, 6.45) is 4.42. The summed E-state index contributed by atoms with van der Waals surface area (Å²) in [6.45, 7) is 5.65. The van der Waals surface area contributed by atoms with Gasteiger partial charge in [-0.15, -0.1) is 0 Å². The second kappa shape index (κ2) is 7.79. The Kier molecular flexibility index (Phi) is 6.37. The molecule has 1 heterocycles. The number of rotatable bonds is 4. The minimum absolute atomic E-state index is 0.0795. The van der Waals surface area contributed by atoms with E-state index < -0.39 is 17.7 Å². The minimum atomic E-state index is -0.556. The van der Waals surface area contributed by atoms with Gasteiger partial charge in [0.1, 0.15) is 10.8 Å². The molecule has 1 aromatic heterocycles. The predicted octanol–water partition coefficient (Wildman–Crippen LogP) is 3.06. The maximum Gasteiger partial charge on any atom is 0.407 e. The normalized spacial score (nSPS) is 11.3.